The molecule has 2 heterocycles. The minimum Gasteiger partial charge on any atom is -0.381 e. The molecule has 1 aliphatic heterocycles. The number of nitriles is 1. The number of aliphatic hydroxyl groups is 1. The van der Waals surface area contributed by atoms with E-state index in [-0.39, 0.29) is 18.5 Å². The summed E-state index contributed by atoms with van der Waals surface area (Å²) in [6.45, 7) is 4.60. The first-order valence-electron chi connectivity index (χ1n) is 7.87. The Morgan fingerprint density at radius 3 is 2.67 bits per heavy atom. The van der Waals surface area contributed by atoms with Gasteiger partial charge in [-0.25, -0.2) is 4.68 Å². The number of carbonyl (C=O) groups is 1. The van der Waals surface area contributed by atoms with E-state index in [1.165, 1.54) is 0 Å². The Bertz CT molecular complexity index is 790. The van der Waals surface area contributed by atoms with Crippen LogP contribution in [0, 0.1) is 11.3 Å². The van der Waals surface area contributed by atoms with Gasteiger partial charge in [-0.05, 0) is 38.1 Å². The summed E-state index contributed by atoms with van der Waals surface area (Å²) in [5, 5.41) is 27.8. The maximum atomic E-state index is 12.6. The lowest BCUT2D eigenvalue weighted by Crippen LogP contribution is -2.34. The Hall–Kier alpha value is -2.72. The maximum Gasteiger partial charge on any atom is 0.253 e. The third-order valence-corrected chi connectivity index (χ3v) is 4.31. The lowest BCUT2D eigenvalue weighted by Gasteiger charge is -2.21. The van der Waals surface area contributed by atoms with Crippen LogP contribution in [-0.2, 0) is 5.60 Å². The van der Waals surface area contributed by atoms with Gasteiger partial charge in [0.25, 0.3) is 5.91 Å². The lowest BCUT2D eigenvalue weighted by atomic mass is 10.00. The number of β-amino-alcohol motifs (C(OH)–C–C–N with tert-alkyl or cyclic N) is 1. The average Bonchev–Trinajstić information content (AvgIpc) is 3.22. The molecule has 1 fully saturated rings. The van der Waals surface area contributed by atoms with Crippen LogP contribution in [0.25, 0.3) is 0 Å². The Morgan fingerprint density at radius 1 is 1.38 bits per heavy atom. The van der Waals surface area contributed by atoms with E-state index >= 15 is 0 Å². The predicted molar refractivity (Wildman–Crippen MR) is 86.0 cm³/mol. The quantitative estimate of drug-likeness (QED) is 0.922. The minimum atomic E-state index is -1.17. The van der Waals surface area contributed by atoms with Gasteiger partial charge in [-0.3, -0.25) is 4.79 Å². The van der Waals surface area contributed by atoms with Gasteiger partial charge in [0.15, 0.2) is 0 Å². The van der Waals surface area contributed by atoms with Crippen molar-refractivity contribution in [2.75, 3.05) is 13.1 Å². The van der Waals surface area contributed by atoms with E-state index in [0.29, 0.717) is 29.8 Å². The van der Waals surface area contributed by atoms with Crippen molar-refractivity contribution >= 4 is 5.91 Å². The van der Waals surface area contributed by atoms with Gasteiger partial charge in [0, 0.05) is 24.6 Å². The number of likely N-dealkylation sites (tertiary alicyclic amines) is 1. The Labute approximate surface area is 140 Å². The number of rotatable bonds is 3. The summed E-state index contributed by atoms with van der Waals surface area (Å²) >= 11 is 0. The maximum absolute atomic E-state index is 12.6. The molecule has 1 aromatic carbocycles. The first-order chi connectivity index (χ1) is 11.4. The number of nitrogens with zero attached hydrogens (tertiary/aromatic N) is 5. The number of aromatic nitrogens is 3. The fourth-order valence-electron chi connectivity index (χ4n) is 2.79. The van der Waals surface area contributed by atoms with Crippen molar-refractivity contribution in [2.45, 2.75) is 31.9 Å². The molecule has 2 aromatic rings. The summed E-state index contributed by atoms with van der Waals surface area (Å²) in [5.74, 6) is -0.160. The Morgan fingerprint density at radius 2 is 2.08 bits per heavy atom. The van der Waals surface area contributed by atoms with E-state index < -0.39 is 5.60 Å². The molecule has 0 radical (unpaired) electrons. The number of amides is 1. The highest BCUT2D eigenvalue weighted by atomic mass is 16.3. The van der Waals surface area contributed by atoms with Crippen LogP contribution in [0.1, 0.15) is 47.9 Å². The molecule has 1 amide bonds. The fraction of sp³-hybridized carbons (Fsp3) is 0.412. The van der Waals surface area contributed by atoms with Crippen LogP contribution in [0.2, 0.25) is 0 Å². The van der Waals surface area contributed by atoms with Gasteiger partial charge in [0.2, 0.25) is 0 Å². The van der Waals surface area contributed by atoms with Crippen LogP contribution < -0.4 is 0 Å². The van der Waals surface area contributed by atoms with E-state index in [9.17, 15) is 9.90 Å². The summed E-state index contributed by atoms with van der Waals surface area (Å²) in [5.41, 5.74) is 0.334. The average molecular weight is 325 g/mol. The second kappa shape index (κ2) is 6.06. The van der Waals surface area contributed by atoms with Crippen molar-refractivity contribution in [1.82, 2.24) is 19.9 Å². The van der Waals surface area contributed by atoms with E-state index in [4.69, 9.17) is 5.26 Å². The molecule has 24 heavy (non-hydrogen) atoms. The number of benzene rings is 1. The van der Waals surface area contributed by atoms with E-state index in [1.807, 2.05) is 19.9 Å². The van der Waals surface area contributed by atoms with Crippen molar-refractivity contribution in [3.05, 3.63) is 47.3 Å². The van der Waals surface area contributed by atoms with Crippen molar-refractivity contribution in [2.24, 2.45) is 0 Å². The first-order valence-corrected chi connectivity index (χ1v) is 7.87. The minimum absolute atomic E-state index is 0.160. The Kier molecular flexibility index (Phi) is 4.08. The zero-order valence-corrected chi connectivity index (χ0v) is 13.7. The van der Waals surface area contributed by atoms with Crippen molar-refractivity contribution < 1.29 is 9.90 Å². The Balaban J connectivity index is 1.75. The molecule has 1 atom stereocenters. The van der Waals surface area contributed by atoms with Crippen LogP contribution in [0.15, 0.2) is 30.5 Å². The summed E-state index contributed by atoms with van der Waals surface area (Å²) in [6, 6.07) is 8.68. The summed E-state index contributed by atoms with van der Waals surface area (Å²) in [7, 11) is 0. The van der Waals surface area contributed by atoms with Gasteiger partial charge in [-0.15, -0.1) is 5.10 Å². The smallest absolute Gasteiger partial charge is 0.253 e. The van der Waals surface area contributed by atoms with Crippen LogP contribution in [0.3, 0.4) is 0 Å². The van der Waals surface area contributed by atoms with Crippen LogP contribution in [0.5, 0.6) is 0 Å². The molecule has 0 bridgehead atoms. The van der Waals surface area contributed by atoms with E-state index in [2.05, 4.69) is 10.3 Å². The fourth-order valence-corrected chi connectivity index (χ4v) is 2.79. The van der Waals surface area contributed by atoms with Gasteiger partial charge >= 0.3 is 0 Å². The SMILES string of the molecule is CC(C)n1cc([C@]2(O)CCN(C(=O)c3ccc(C#N)cc3)C2)nn1. The van der Waals surface area contributed by atoms with E-state index in [1.54, 1.807) is 40.0 Å². The van der Waals surface area contributed by atoms with Gasteiger partial charge in [-0.1, -0.05) is 5.21 Å². The molecule has 0 aliphatic carbocycles. The van der Waals surface area contributed by atoms with Crippen LogP contribution in [-0.4, -0.2) is 44.0 Å². The van der Waals surface area contributed by atoms with Crippen molar-refractivity contribution in [3.63, 3.8) is 0 Å². The molecule has 1 aliphatic rings. The van der Waals surface area contributed by atoms with Crippen molar-refractivity contribution in [1.29, 1.82) is 5.26 Å². The standard InChI is InChI=1S/C17H19N5O2/c1-12(2)22-10-15(19-20-22)17(24)7-8-21(11-17)16(23)14-5-3-13(9-18)4-6-14/h3-6,10,12,24H,7-8,11H2,1-2H3/t17-/m0/s1. The summed E-state index contributed by atoms with van der Waals surface area (Å²) in [6.07, 6.45) is 2.16. The molecule has 1 N–H and O–H groups in total. The molecule has 7 nitrogen and oxygen atoms in total. The second-order valence-corrected chi connectivity index (χ2v) is 6.37. The van der Waals surface area contributed by atoms with Crippen LogP contribution in [0.4, 0.5) is 0 Å². The van der Waals surface area contributed by atoms with Gasteiger partial charge in [0.05, 0.1) is 24.4 Å². The lowest BCUT2D eigenvalue weighted by molar-refractivity contribution is 0.0381. The first kappa shape index (κ1) is 16.1. The molecule has 0 spiro atoms. The van der Waals surface area contributed by atoms with Gasteiger partial charge in [0.1, 0.15) is 11.3 Å². The molecule has 7 heteroatoms. The molecule has 124 valence electrons. The molecule has 0 unspecified atom stereocenters. The van der Waals surface area contributed by atoms with Crippen molar-refractivity contribution in [3.8, 4) is 6.07 Å². The van der Waals surface area contributed by atoms with E-state index in [0.717, 1.165) is 0 Å². The van der Waals surface area contributed by atoms with Gasteiger partial charge < -0.3 is 10.0 Å². The number of hydrogen-bond donors (Lipinski definition) is 1. The molecule has 1 saturated heterocycles. The zero-order chi connectivity index (χ0) is 17.3. The highest BCUT2D eigenvalue weighted by Gasteiger charge is 2.42. The normalized spacial score (nSPS) is 20.4. The monoisotopic (exact) mass is 325 g/mol. The molecular weight excluding hydrogens is 306 g/mol. The zero-order valence-electron chi connectivity index (χ0n) is 13.7. The molecule has 1 aromatic heterocycles. The summed E-state index contributed by atoms with van der Waals surface area (Å²) < 4.78 is 1.69. The third kappa shape index (κ3) is 2.88. The number of hydrogen-bond acceptors (Lipinski definition) is 5. The predicted octanol–water partition coefficient (Wildman–Crippen LogP) is 1.46. The summed E-state index contributed by atoms with van der Waals surface area (Å²) in [4.78, 5) is 14.2. The molecular formula is C17H19N5O2. The highest BCUT2D eigenvalue weighted by molar-refractivity contribution is 5.94. The third-order valence-electron chi connectivity index (χ3n) is 4.31. The number of carbonyl (C=O) groups excluding carboxylic acids is 1. The molecule has 0 saturated carbocycles. The highest BCUT2D eigenvalue weighted by Crippen LogP contribution is 2.31. The topological polar surface area (TPSA) is 95.0 Å². The largest absolute Gasteiger partial charge is 0.381 e. The molecule has 3 rings (SSSR count). The van der Waals surface area contributed by atoms with Gasteiger partial charge in [-0.2, -0.15) is 5.26 Å². The van der Waals surface area contributed by atoms with Crippen LogP contribution >= 0.6 is 0 Å². The second-order valence-electron chi connectivity index (χ2n) is 6.37.